The molecule has 2 aromatic carbocycles. The molecule has 6 rings (SSSR count). The maximum Gasteiger partial charge on any atom is 0.337 e. The van der Waals surface area contributed by atoms with E-state index in [1.807, 2.05) is 42.0 Å². The van der Waals surface area contributed by atoms with Gasteiger partial charge in [-0.2, -0.15) is 10.2 Å². The number of methoxy groups -OCH3 is 1. The van der Waals surface area contributed by atoms with Crippen LogP contribution in [0.3, 0.4) is 0 Å². The zero-order valence-corrected chi connectivity index (χ0v) is 25.3. The SMILES string of the molecule is COC(=O)c1ccc2nc(CC3CCN(c4cccc(OCc5ccc(C#N)cc5F)n4)CC3C)n(Cc3cncs3)c2c1. The Morgan fingerprint density at radius 2 is 2.07 bits per heavy atom. The van der Waals surface area contributed by atoms with Crippen LogP contribution >= 0.6 is 11.3 Å². The number of halogens is 1. The van der Waals surface area contributed by atoms with Crippen LogP contribution < -0.4 is 9.64 Å². The molecule has 11 heteroatoms. The van der Waals surface area contributed by atoms with Crippen molar-refractivity contribution in [1.29, 1.82) is 5.26 Å². The summed E-state index contributed by atoms with van der Waals surface area (Å²) in [4.78, 5) is 29.6. The maximum absolute atomic E-state index is 14.3. The van der Waals surface area contributed by atoms with Crippen molar-refractivity contribution in [3.63, 3.8) is 0 Å². The van der Waals surface area contributed by atoms with Crippen LogP contribution in [0.5, 0.6) is 5.88 Å². The number of nitriles is 1. The predicted molar refractivity (Wildman–Crippen MR) is 165 cm³/mol. The second kappa shape index (κ2) is 12.8. The highest BCUT2D eigenvalue weighted by atomic mass is 32.1. The number of thiazole rings is 1. The van der Waals surface area contributed by atoms with Crippen LogP contribution in [-0.4, -0.2) is 45.7 Å². The van der Waals surface area contributed by atoms with Crippen molar-refractivity contribution in [1.82, 2.24) is 19.5 Å². The van der Waals surface area contributed by atoms with Crippen molar-refractivity contribution >= 4 is 34.2 Å². The first-order valence-electron chi connectivity index (χ1n) is 14.4. The summed E-state index contributed by atoms with van der Waals surface area (Å²) in [5.74, 6) is 2.16. The number of carbonyl (C=O) groups excluding carboxylic acids is 1. The van der Waals surface area contributed by atoms with Crippen LogP contribution in [0.25, 0.3) is 11.0 Å². The van der Waals surface area contributed by atoms with Gasteiger partial charge in [0.1, 0.15) is 24.1 Å². The summed E-state index contributed by atoms with van der Waals surface area (Å²) in [6, 6.07) is 17.4. The number of pyridine rings is 1. The van der Waals surface area contributed by atoms with Crippen molar-refractivity contribution in [2.75, 3.05) is 25.1 Å². The molecule has 224 valence electrons. The van der Waals surface area contributed by atoms with Crippen LogP contribution in [0.4, 0.5) is 10.2 Å². The molecule has 2 atom stereocenters. The Kier molecular flexibility index (Phi) is 8.52. The minimum atomic E-state index is -0.472. The molecule has 0 amide bonds. The van der Waals surface area contributed by atoms with Gasteiger partial charge >= 0.3 is 5.97 Å². The number of anilines is 1. The van der Waals surface area contributed by atoms with Crippen LogP contribution in [0.1, 0.15) is 45.5 Å². The third kappa shape index (κ3) is 6.26. The van der Waals surface area contributed by atoms with Gasteiger partial charge in [-0.25, -0.2) is 14.2 Å². The van der Waals surface area contributed by atoms with Crippen LogP contribution in [0, 0.1) is 29.0 Å². The van der Waals surface area contributed by atoms with Gasteiger partial charge in [0.2, 0.25) is 5.88 Å². The number of rotatable bonds is 9. The second-order valence-corrected chi connectivity index (χ2v) is 12.0. The van der Waals surface area contributed by atoms with E-state index in [2.05, 4.69) is 21.4 Å². The lowest BCUT2D eigenvalue weighted by Gasteiger charge is -2.37. The zero-order chi connectivity index (χ0) is 30.6. The van der Waals surface area contributed by atoms with E-state index in [4.69, 9.17) is 24.7 Å². The number of imidazole rings is 1. The van der Waals surface area contributed by atoms with Gasteiger partial charge in [0.05, 0.1) is 47.4 Å². The van der Waals surface area contributed by atoms with Gasteiger partial charge < -0.3 is 18.9 Å². The molecule has 3 aromatic heterocycles. The first-order chi connectivity index (χ1) is 21.4. The fourth-order valence-electron chi connectivity index (χ4n) is 5.71. The fraction of sp³-hybridized carbons (Fsp3) is 0.303. The number of carbonyl (C=O) groups is 1. The molecule has 0 saturated carbocycles. The summed E-state index contributed by atoms with van der Waals surface area (Å²) in [5, 5.41) is 8.96. The van der Waals surface area contributed by atoms with E-state index in [1.54, 1.807) is 35.6 Å². The summed E-state index contributed by atoms with van der Waals surface area (Å²) in [6.07, 6.45) is 3.64. The molecule has 0 N–H and O–H groups in total. The average Bonchev–Trinajstić information content (AvgIpc) is 3.69. The molecule has 0 spiro atoms. The Balaban J connectivity index is 1.15. The fourth-order valence-corrected chi connectivity index (χ4v) is 6.29. The smallest absolute Gasteiger partial charge is 0.337 e. The van der Waals surface area contributed by atoms with Gasteiger partial charge in [0.25, 0.3) is 0 Å². The number of piperidine rings is 1. The topological polar surface area (TPSA) is 106 Å². The molecule has 9 nitrogen and oxygen atoms in total. The standard InChI is InChI=1S/C33H31FN6O3S/c1-21-17-39(30-4-3-5-32(38-30)43-19-25-7-6-22(15-35)12-27(25)34)11-10-23(21)14-31-37-28-9-8-24(33(41)42-2)13-29(28)40(31)18-26-16-36-20-44-26/h3-9,12-13,16,20-21,23H,10-11,14,17-19H2,1-2H3. The summed E-state index contributed by atoms with van der Waals surface area (Å²) in [5.41, 5.74) is 4.72. The highest BCUT2D eigenvalue weighted by Gasteiger charge is 2.29. The third-order valence-electron chi connectivity index (χ3n) is 8.16. The minimum Gasteiger partial charge on any atom is -0.473 e. The lowest BCUT2D eigenvalue weighted by Crippen LogP contribution is -2.40. The molecule has 1 aliphatic heterocycles. The Morgan fingerprint density at radius 3 is 2.82 bits per heavy atom. The lowest BCUT2D eigenvalue weighted by molar-refractivity contribution is 0.0601. The molecule has 0 bridgehead atoms. The zero-order valence-electron chi connectivity index (χ0n) is 24.4. The molecule has 5 aromatic rings. The molecular formula is C33H31FN6O3S. The number of aromatic nitrogens is 4. The van der Waals surface area contributed by atoms with Gasteiger partial charge in [-0.1, -0.05) is 19.1 Å². The van der Waals surface area contributed by atoms with E-state index >= 15 is 0 Å². The van der Waals surface area contributed by atoms with Crippen molar-refractivity contribution in [2.45, 2.75) is 32.9 Å². The molecule has 2 unspecified atom stereocenters. The van der Waals surface area contributed by atoms with Gasteiger partial charge in [0, 0.05) is 42.2 Å². The Hall–Kier alpha value is -4.82. The first-order valence-corrected chi connectivity index (χ1v) is 15.3. The first kappa shape index (κ1) is 29.3. The largest absolute Gasteiger partial charge is 0.473 e. The minimum absolute atomic E-state index is 0.0239. The van der Waals surface area contributed by atoms with Crippen LogP contribution in [0.15, 0.2) is 66.3 Å². The Labute approximate surface area is 258 Å². The third-order valence-corrected chi connectivity index (χ3v) is 8.93. The number of hydrogen-bond donors (Lipinski definition) is 0. The number of hydrogen-bond acceptors (Lipinski definition) is 9. The summed E-state index contributed by atoms with van der Waals surface area (Å²) in [7, 11) is 1.39. The lowest BCUT2D eigenvalue weighted by atomic mass is 9.84. The van der Waals surface area contributed by atoms with Gasteiger partial charge in [-0.3, -0.25) is 4.98 Å². The van der Waals surface area contributed by atoms with Crippen molar-refractivity contribution in [3.8, 4) is 11.9 Å². The van der Waals surface area contributed by atoms with Crippen molar-refractivity contribution < 1.29 is 18.7 Å². The second-order valence-electron chi connectivity index (χ2n) is 11.0. The van der Waals surface area contributed by atoms with Gasteiger partial charge in [0.15, 0.2) is 0 Å². The van der Waals surface area contributed by atoms with E-state index in [0.29, 0.717) is 35.4 Å². The highest BCUT2D eigenvalue weighted by molar-refractivity contribution is 7.09. The van der Waals surface area contributed by atoms with Gasteiger partial charge in [-0.15, -0.1) is 11.3 Å². The molecule has 4 heterocycles. The monoisotopic (exact) mass is 610 g/mol. The van der Waals surface area contributed by atoms with Crippen molar-refractivity contribution in [3.05, 3.63) is 99.5 Å². The van der Waals surface area contributed by atoms with E-state index in [-0.39, 0.29) is 18.1 Å². The number of ether oxygens (including phenoxy) is 2. The molecule has 0 radical (unpaired) electrons. The molecule has 0 aliphatic carbocycles. The molecule has 1 fully saturated rings. The number of esters is 1. The molecule has 1 saturated heterocycles. The highest BCUT2D eigenvalue weighted by Crippen LogP contribution is 2.31. The Bertz CT molecular complexity index is 1830. The van der Waals surface area contributed by atoms with E-state index in [0.717, 1.165) is 53.5 Å². The summed E-state index contributed by atoms with van der Waals surface area (Å²) >= 11 is 1.60. The average molecular weight is 611 g/mol. The Morgan fingerprint density at radius 1 is 1.18 bits per heavy atom. The van der Waals surface area contributed by atoms with Crippen LogP contribution in [0.2, 0.25) is 0 Å². The predicted octanol–water partition coefficient (Wildman–Crippen LogP) is 6.02. The van der Waals surface area contributed by atoms with E-state index in [1.165, 1.54) is 13.2 Å². The quantitative estimate of drug-likeness (QED) is 0.187. The molecule has 1 aliphatic rings. The number of nitrogens with zero attached hydrogens (tertiary/aromatic N) is 6. The number of benzene rings is 2. The maximum atomic E-state index is 14.3. The summed E-state index contributed by atoms with van der Waals surface area (Å²) in [6.45, 7) is 4.58. The van der Waals surface area contributed by atoms with Crippen molar-refractivity contribution in [2.24, 2.45) is 11.8 Å². The van der Waals surface area contributed by atoms with E-state index < -0.39 is 5.82 Å². The normalized spacial score (nSPS) is 16.5. The summed E-state index contributed by atoms with van der Waals surface area (Å²) < 4.78 is 27.3. The molecule has 44 heavy (non-hydrogen) atoms. The van der Waals surface area contributed by atoms with E-state index in [9.17, 15) is 9.18 Å². The number of fused-ring (bicyclic) bond motifs is 1. The van der Waals surface area contributed by atoms with Gasteiger partial charge in [-0.05, 0) is 54.7 Å². The molecular weight excluding hydrogens is 579 g/mol. The van der Waals surface area contributed by atoms with Crippen LogP contribution in [-0.2, 0) is 24.3 Å².